The number of benzene rings is 2. The van der Waals surface area contributed by atoms with Crippen LogP contribution in [0.3, 0.4) is 0 Å². The molecule has 0 bridgehead atoms. The molecule has 0 saturated heterocycles. The van der Waals surface area contributed by atoms with E-state index in [0.717, 1.165) is 18.2 Å². The van der Waals surface area contributed by atoms with Gasteiger partial charge in [0, 0.05) is 24.7 Å². The lowest BCUT2D eigenvalue weighted by Gasteiger charge is -2.09. The van der Waals surface area contributed by atoms with Crippen molar-refractivity contribution in [3.05, 3.63) is 59.7 Å². The van der Waals surface area contributed by atoms with Crippen LogP contribution in [0, 0.1) is 11.6 Å². The quantitative estimate of drug-likeness (QED) is 0.848. The molecule has 0 aliphatic rings. The predicted molar refractivity (Wildman–Crippen MR) is 83.9 cm³/mol. The maximum atomic E-state index is 13.4. The van der Waals surface area contributed by atoms with E-state index >= 15 is 0 Å². The van der Waals surface area contributed by atoms with Gasteiger partial charge in [-0.05, 0) is 36.2 Å². The highest BCUT2D eigenvalue weighted by atomic mass is 19.1. The second-order valence-corrected chi connectivity index (χ2v) is 4.90. The van der Waals surface area contributed by atoms with Crippen molar-refractivity contribution in [3.63, 3.8) is 0 Å². The van der Waals surface area contributed by atoms with Crippen LogP contribution in [0.5, 0.6) is 0 Å². The van der Waals surface area contributed by atoms with E-state index < -0.39 is 11.6 Å². The average Bonchev–Trinajstić information content (AvgIpc) is 2.50. The summed E-state index contributed by atoms with van der Waals surface area (Å²) in [6.45, 7) is 2.33. The Labute approximate surface area is 128 Å². The first kappa shape index (κ1) is 15.9. The molecular weight excluding hydrogens is 286 g/mol. The van der Waals surface area contributed by atoms with Gasteiger partial charge in [0.25, 0.3) is 0 Å². The molecule has 0 radical (unpaired) electrons. The molecule has 1 amide bonds. The van der Waals surface area contributed by atoms with Crippen molar-refractivity contribution in [2.75, 3.05) is 17.2 Å². The minimum atomic E-state index is -0.671. The predicted octanol–water partition coefficient (Wildman–Crippen LogP) is 3.97. The highest BCUT2D eigenvalue weighted by Gasteiger charge is 2.05. The molecule has 2 aromatic carbocycles. The van der Waals surface area contributed by atoms with Crippen LogP contribution in [0.4, 0.5) is 20.2 Å². The number of carbonyl (C=O) groups is 1. The van der Waals surface area contributed by atoms with Gasteiger partial charge >= 0.3 is 0 Å². The number of carbonyl (C=O) groups excluding carboxylic acids is 1. The van der Waals surface area contributed by atoms with Gasteiger partial charge < -0.3 is 10.6 Å². The van der Waals surface area contributed by atoms with Crippen LogP contribution in [0.25, 0.3) is 0 Å². The Kier molecular flexibility index (Phi) is 5.47. The van der Waals surface area contributed by atoms with E-state index in [0.29, 0.717) is 0 Å². The summed E-state index contributed by atoms with van der Waals surface area (Å²) in [5.41, 5.74) is 2.11. The van der Waals surface area contributed by atoms with Crippen molar-refractivity contribution in [2.45, 2.75) is 19.8 Å². The average molecular weight is 304 g/mol. The minimum absolute atomic E-state index is 0.167. The lowest BCUT2D eigenvalue weighted by Crippen LogP contribution is -2.16. The smallest absolute Gasteiger partial charge is 0.226 e. The molecule has 22 heavy (non-hydrogen) atoms. The molecule has 2 rings (SSSR count). The Morgan fingerprint density at radius 3 is 2.45 bits per heavy atom. The lowest BCUT2D eigenvalue weighted by atomic mass is 10.1. The topological polar surface area (TPSA) is 41.1 Å². The highest BCUT2D eigenvalue weighted by Crippen LogP contribution is 2.15. The van der Waals surface area contributed by atoms with E-state index in [2.05, 4.69) is 17.6 Å². The second-order valence-electron chi connectivity index (χ2n) is 4.90. The molecule has 0 fully saturated rings. The number of amides is 1. The summed E-state index contributed by atoms with van der Waals surface area (Å²) in [5.74, 6) is -1.47. The third-order valence-corrected chi connectivity index (χ3v) is 3.24. The number of nitrogens with one attached hydrogen (secondary N) is 2. The SMILES string of the molecule is CCc1ccc(NC(=O)CCNc2ccc(F)cc2F)cc1. The van der Waals surface area contributed by atoms with E-state index in [1.807, 2.05) is 24.3 Å². The molecule has 2 aromatic rings. The zero-order chi connectivity index (χ0) is 15.9. The first-order chi connectivity index (χ1) is 10.6. The summed E-state index contributed by atoms with van der Waals surface area (Å²) >= 11 is 0. The largest absolute Gasteiger partial charge is 0.382 e. The Balaban J connectivity index is 1.79. The summed E-state index contributed by atoms with van der Waals surface area (Å²) in [7, 11) is 0. The molecule has 5 heteroatoms. The number of hydrogen-bond donors (Lipinski definition) is 2. The standard InChI is InChI=1S/C17H18F2N2O/c1-2-12-3-6-14(7-4-12)21-17(22)9-10-20-16-8-5-13(18)11-15(16)19/h3-8,11,20H,2,9-10H2,1H3,(H,21,22). The van der Waals surface area contributed by atoms with E-state index in [-0.39, 0.29) is 24.6 Å². The van der Waals surface area contributed by atoms with Gasteiger partial charge in [-0.1, -0.05) is 19.1 Å². The summed E-state index contributed by atoms with van der Waals surface area (Å²) in [4.78, 5) is 11.8. The first-order valence-corrected chi connectivity index (χ1v) is 7.16. The minimum Gasteiger partial charge on any atom is -0.382 e. The number of rotatable bonds is 6. The molecule has 0 aromatic heterocycles. The van der Waals surface area contributed by atoms with Crippen molar-refractivity contribution in [3.8, 4) is 0 Å². The Hall–Kier alpha value is -2.43. The van der Waals surface area contributed by atoms with E-state index in [9.17, 15) is 13.6 Å². The van der Waals surface area contributed by atoms with Crippen LogP contribution < -0.4 is 10.6 Å². The van der Waals surface area contributed by atoms with Gasteiger partial charge in [0.2, 0.25) is 5.91 Å². The third-order valence-electron chi connectivity index (χ3n) is 3.24. The summed E-state index contributed by atoms with van der Waals surface area (Å²) in [6.07, 6.45) is 1.13. The van der Waals surface area contributed by atoms with Crippen molar-refractivity contribution in [1.29, 1.82) is 0 Å². The molecule has 0 saturated carbocycles. The molecule has 0 aliphatic heterocycles. The molecule has 2 N–H and O–H groups in total. The molecule has 0 atom stereocenters. The number of aryl methyl sites for hydroxylation is 1. The third kappa shape index (κ3) is 4.55. The monoisotopic (exact) mass is 304 g/mol. The van der Waals surface area contributed by atoms with E-state index in [1.54, 1.807) is 0 Å². The normalized spacial score (nSPS) is 10.3. The molecule has 0 heterocycles. The zero-order valence-corrected chi connectivity index (χ0v) is 12.3. The lowest BCUT2D eigenvalue weighted by molar-refractivity contribution is -0.115. The summed E-state index contributed by atoms with van der Waals surface area (Å²) < 4.78 is 26.2. The number of hydrogen-bond acceptors (Lipinski definition) is 2. The molecule has 0 aliphatic carbocycles. The van der Waals surface area contributed by atoms with E-state index in [1.165, 1.54) is 17.7 Å². The van der Waals surface area contributed by atoms with Crippen LogP contribution in [0.2, 0.25) is 0 Å². The molecule has 3 nitrogen and oxygen atoms in total. The van der Waals surface area contributed by atoms with Gasteiger partial charge in [-0.25, -0.2) is 8.78 Å². The van der Waals surface area contributed by atoms with E-state index in [4.69, 9.17) is 0 Å². The van der Waals surface area contributed by atoms with Crippen LogP contribution in [-0.4, -0.2) is 12.5 Å². The fraction of sp³-hybridized carbons (Fsp3) is 0.235. The van der Waals surface area contributed by atoms with Gasteiger partial charge in [-0.3, -0.25) is 4.79 Å². The van der Waals surface area contributed by atoms with Gasteiger partial charge in [0.15, 0.2) is 0 Å². The van der Waals surface area contributed by atoms with Gasteiger partial charge in [0.05, 0.1) is 5.69 Å². The molecule has 0 unspecified atom stereocenters. The van der Waals surface area contributed by atoms with Gasteiger partial charge in [0.1, 0.15) is 11.6 Å². The van der Waals surface area contributed by atoms with Gasteiger partial charge in [-0.15, -0.1) is 0 Å². The van der Waals surface area contributed by atoms with Crippen LogP contribution in [-0.2, 0) is 11.2 Å². The van der Waals surface area contributed by atoms with Crippen molar-refractivity contribution < 1.29 is 13.6 Å². The number of anilines is 2. The zero-order valence-electron chi connectivity index (χ0n) is 12.3. The summed E-state index contributed by atoms with van der Waals surface area (Å²) in [6, 6.07) is 10.9. The molecular formula is C17H18F2N2O. The van der Waals surface area contributed by atoms with Gasteiger partial charge in [-0.2, -0.15) is 0 Å². The Bertz CT molecular complexity index is 642. The first-order valence-electron chi connectivity index (χ1n) is 7.16. The maximum absolute atomic E-state index is 13.4. The van der Waals surface area contributed by atoms with Crippen LogP contribution in [0.15, 0.2) is 42.5 Å². The fourth-order valence-electron chi connectivity index (χ4n) is 1.99. The van der Waals surface area contributed by atoms with Crippen molar-refractivity contribution >= 4 is 17.3 Å². The second kappa shape index (κ2) is 7.54. The molecule has 116 valence electrons. The van der Waals surface area contributed by atoms with Crippen LogP contribution >= 0.6 is 0 Å². The number of halogens is 2. The summed E-state index contributed by atoms with van der Waals surface area (Å²) in [5, 5.41) is 5.54. The maximum Gasteiger partial charge on any atom is 0.226 e. The van der Waals surface area contributed by atoms with Crippen LogP contribution in [0.1, 0.15) is 18.9 Å². The highest BCUT2D eigenvalue weighted by molar-refractivity contribution is 5.90. The van der Waals surface area contributed by atoms with Crippen molar-refractivity contribution in [1.82, 2.24) is 0 Å². The Morgan fingerprint density at radius 2 is 1.82 bits per heavy atom. The van der Waals surface area contributed by atoms with Crippen molar-refractivity contribution in [2.24, 2.45) is 0 Å². The molecule has 0 spiro atoms. The Morgan fingerprint density at radius 1 is 1.09 bits per heavy atom. The fourth-order valence-corrected chi connectivity index (χ4v) is 1.99.